The van der Waals surface area contributed by atoms with Gasteiger partial charge in [-0.2, -0.15) is 11.8 Å². The number of unbranched alkanes of at least 4 members (excludes halogenated alkanes) is 1. The van der Waals surface area contributed by atoms with Gasteiger partial charge in [0.2, 0.25) is 0 Å². The van der Waals surface area contributed by atoms with E-state index < -0.39 is 75.6 Å². The molecular weight excluding hydrogens is 1270 g/mol. The number of nitrogen functional groups attached to an aromatic ring is 1. The number of carboxylic acids is 1. The van der Waals surface area contributed by atoms with Gasteiger partial charge in [-0.15, -0.1) is 0 Å². The van der Waals surface area contributed by atoms with E-state index in [4.69, 9.17) is 21.1 Å². The smallest absolute Gasteiger partial charge is 0.336 e. The Morgan fingerprint density at radius 1 is 0.833 bits per heavy atom. The zero-order valence-corrected chi connectivity index (χ0v) is 53.1. The van der Waals surface area contributed by atoms with Gasteiger partial charge in [-0.3, -0.25) is 34.4 Å². The molecule has 0 bridgehead atoms. The van der Waals surface area contributed by atoms with E-state index in [1.54, 1.807) is 39.9 Å². The Morgan fingerprint density at radius 3 is 2.17 bits per heavy atom. The van der Waals surface area contributed by atoms with E-state index in [9.17, 15) is 64.6 Å². The topological polar surface area (TPSA) is 478 Å². The van der Waals surface area contributed by atoms with Crippen molar-refractivity contribution in [2.45, 2.75) is 118 Å². The number of carboxylic acid groups (broad SMARTS) is 1. The number of quaternary nitrogens is 1. The summed E-state index contributed by atoms with van der Waals surface area (Å²) < 4.78 is 79.4. The van der Waals surface area contributed by atoms with E-state index in [0.29, 0.717) is 60.9 Å². The van der Waals surface area contributed by atoms with Crippen LogP contribution in [0.5, 0.6) is 0 Å². The maximum atomic E-state index is 13.3. The fourth-order valence-corrected chi connectivity index (χ4v) is 15.0. The lowest BCUT2D eigenvalue weighted by atomic mass is 9.88. The number of thioether (sulfide) groups is 1. The highest BCUT2D eigenvalue weighted by Crippen LogP contribution is 2.46. The number of azide groups is 1. The second-order valence-corrected chi connectivity index (χ2v) is 27.2. The zero-order chi connectivity index (χ0) is 64.4. The number of pyridine rings is 2. The Morgan fingerprint density at radius 2 is 1.50 bits per heavy atom. The van der Waals surface area contributed by atoms with E-state index in [0.717, 1.165) is 85.4 Å². The third kappa shape index (κ3) is 19.3. The number of carbonyl (C=O) groups excluding carboxylic acids is 6. The van der Waals surface area contributed by atoms with Gasteiger partial charge in [-0.05, 0) is 104 Å². The molecule has 4 aliphatic rings. The first-order valence-corrected chi connectivity index (χ1v) is 34.5. The van der Waals surface area contributed by atoms with E-state index in [-0.39, 0.29) is 95.1 Å². The second-order valence-electron chi connectivity index (χ2n) is 20.6. The molecular formula is C58H68N12O15S5. The molecule has 3 unspecified atom stereocenters. The molecule has 5 heterocycles. The number of aromatic amines is 1. The maximum absolute atomic E-state index is 13.3. The van der Waals surface area contributed by atoms with E-state index in [2.05, 4.69) is 41.3 Å². The third-order valence-electron chi connectivity index (χ3n) is 14.4. The Balaban J connectivity index is 0.000000296. The van der Waals surface area contributed by atoms with E-state index in [1.807, 2.05) is 24.8 Å². The van der Waals surface area contributed by atoms with Crippen molar-refractivity contribution in [2.24, 2.45) is 5.11 Å². The van der Waals surface area contributed by atoms with Crippen LogP contribution in [0.2, 0.25) is 0 Å². The molecule has 3 atom stereocenters. The molecule has 0 saturated carbocycles. The molecule has 1 aliphatic carbocycles. The number of amides is 4. The highest BCUT2D eigenvalue weighted by molar-refractivity contribution is 8.76. The lowest BCUT2D eigenvalue weighted by Crippen LogP contribution is -2.36. The summed E-state index contributed by atoms with van der Waals surface area (Å²) in [7, 11) is -7.50. The number of aryl methyl sites for hydroxylation is 1. The maximum Gasteiger partial charge on any atom is 0.336 e. The van der Waals surface area contributed by atoms with Crippen LogP contribution < -0.4 is 43.5 Å². The van der Waals surface area contributed by atoms with Crippen LogP contribution in [0, 0.1) is 5.41 Å². The Bertz CT molecular complexity index is 3940. The lowest BCUT2D eigenvalue weighted by Gasteiger charge is -2.22. The van der Waals surface area contributed by atoms with E-state index >= 15 is 0 Å². The van der Waals surface area contributed by atoms with Crippen LogP contribution in [0.3, 0.4) is 0 Å². The van der Waals surface area contributed by atoms with Crippen molar-refractivity contribution in [3.05, 3.63) is 129 Å². The first kappa shape index (κ1) is 71.1. The molecule has 480 valence electrons. The summed E-state index contributed by atoms with van der Waals surface area (Å²) in [5.41, 5.74) is 13.9. The second kappa shape index (κ2) is 33.2. The van der Waals surface area contributed by atoms with Crippen molar-refractivity contribution in [3.63, 3.8) is 0 Å². The first-order chi connectivity index (χ1) is 42.5. The zero-order valence-electron chi connectivity index (χ0n) is 49.0. The molecule has 0 spiro atoms. The molecule has 4 amide bonds. The first-order valence-electron chi connectivity index (χ1n) is 28.2. The number of fused-ring (bicyclic) bond motifs is 3. The molecule has 13 N–H and O–H groups in total. The van der Waals surface area contributed by atoms with Gasteiger partial charge in [0.15, 0.2) is 29.0 Å². The van der Waals surface area contributed by atoms with Crippen molar-refractivity contribution < 1.29 is 74.0 Å². The summed E-state index contributed by atoms with van der Waals surface area (Å²) in [5, 5.41) is 32.5. The number of aromatic carboxylic acids is 1. The Kier molecular flexibility index (Phi) is 26.3. The van der Waals surface area contributed by atoms with Crippen molar-refractivity contribution in [1.29, 1.82) is 5.41 Å². The number of aromatic nitrogens is 2. The van der Waals surface area contributed by atoms with Crippen LogP contribution in [0.15, 0.2) is 98.4 Å². The average molecular weight is 1330 g/mol. The van der Waals surface area contributed by atoms with Gasteiger partial charge in [-0.1, -0.05) is 46.1 Å². The minimum Gasteiger partial charge on any atom is -0.744 e. The standard InChI is InChI=1S/C31H25N7O11S2.C27H40N4O4S3.H3N/c32-22-9-7-19-25(20-8-10-23(33)29(51(46,47)48)27(20)49-26(19)28(22)50(43,44)45)21-12-15(4-6-18(21)31(41)42)24(39)2-1-11-35-30(40)16-3-5-17(36-13-16)14-37-38-34;1-2-20-12-11-19(17-29-20)26(34)28-14-5-8-22(33)13-16-38-37-15-6-9-21(32)7-3-4-10-24-25-23(18-36-24)30-27(35)31-25;/h3-10,12-13,32H,1-2,11,14,33H2,(H,35,40)(H,41,42)(H,43,44,45)(H,46,47,48);11-12,17,23-25H,2-10,13-16,18H2,1H3,(H,28,34)(H2,30,31,35);1H3. The minimum absolute atomic E-state index is 0. The van der Waals surface area contributed by atoms with Gasteiger partial charge in [0.1, 0.15) is 53.7 Å². The number of ketones is 3. The Hall–Kier alpha value is -7.94. The highest BCUT2D eigenvalue weighted by atomic mass is 33.1. The normalized spacial score (nSPS) is 15.1. The number of carbonyl (C=O) groups is 7. The molecule has 90 heavy (non-hydrogen) atoms. The fourth-order valence-electron chi connectivity index (χ4n) is 9.91. The number of nitrogens with zero attached hydrogens (tertiary/aromatic N) is 4. The summed E-state index contributed by atoms with van der Waals surface area (Å²) >= 11 is 1.92. The lowest BCUT2D eigenvalue weighted by molar-refractivity contribution is -0.390. The number of hydrogen-bond donors (Lipinski definition) is 8. The van der Waals surface area contributed by atoms with Crippen LogP contribution in [0.4, 0.5) is 10.5 Å². The van der Waals surface area contributed by atoms with Crippen LogP contribution >= 0.6 is 33.3 Å². The number of rotatable bonds is 31. The number of nitrogens with two attached hydrogens (primary N) is 1. The predicted molar refractivity (Wildman–Crippen MR) is 337 cm³/mol. The molecule has 2 fully saturated rings. The van der Waals surface area contributed by atoms with Crippen molar-refractivity contribution >= 4 is 111 Å². The van der Waals surface area contributed by atoms with Crippen LogP contribution in [0.25, 0.3) is 43.9 Å². The number of hydrogen-bond acceptors (Lipinski definition) is 21. The number of nitrogens with one attached hydrogen (secondary N) is 6. The molecule has 2 saturated heterocycles. The van der Waals surface area contributed by atoms with Gasteiger partial charge >= 0.3 is 12.0 Å². The number of urea groups is 1. The molecule has 2 aromatic heterocycles. The summed E-state index contributed by atoms with van der Waals surface area (Å²) in [6.07, 6.45) is 10.6. The van der Waals surface area contributed by atoms with Gasteiger partial charge in [0.25, 0.3) is 11.8 Å². The number of H-pyrrole nitrogens is 1. The van der Waals surface area contributed by atoms with Crippen molar-refractivity contribution in [2.75, 3.05) is 36.1 Å². The quantitative estimate of drug-likeness (QED) is 0.00197. The molecule has 4 aromatic rings. The van der Waals surface area contributed by atoms with Gasteiger partial charge < -0.3 is 51.8 Å². The molecule has 32 heteroatoms. The van der Waals surface area contributed by atoms with Gasteiger partial charge in [-0.25, -0.2) is 31.4 Å². The number of benzene rings is 3. The largest absolute Gasteiger partial charge is 0.744 e. The summed E-state index contributed by atoms with van der Waals surface area (Å²) in [6, 6.07) is 14.9. The summed E-state index contributed by atoms with van der Waals surface area (Å²) in [4.78, 5) is 93.5. The van der Waals surface area contributed by atoms with E-state index in [1.165, 1.54) is 24.4 Å². The molecule has 2 aromatic carbocycles. The molecule has 3 aliphatic heterocycles. The van der Waals surface area contributed by atoms with Crippen molar-refractivity contribution in [1.82, 2.24) is 32.4 Å². The number of Topliss-reactive ketones (excluding diaryl/α,β-unsaturated/α-hetero) is 3. The average Bonchev–Trinajstić information content (AvgIpc) is 0.941. The summed E-state index contributed by atoms with van der Waals surface area (Å²) in [5.74, 6) is -0.257. The van der Waals surface area contributed by atoms with Crippen LogP contribution in [-0.2, 0) is 42.8 Å². The van der Waals surface area contributed by atoms with Crippen LogP contribution in [0.1, 0.15) is 130 Å². The van der Waals surface area contributed by atoms with Crippen LogP contribution in [-0.4, -0.2) is 125 Å². The number of anilines is 1. The molecule has 27 nitrogen and oxygen atoms in total. The minimum atomic E-state index is -5.48. The molecule has 0 radical (unpaired) electrons. The van der Waals surface area contributed by atoms with Gasteiger partial charge in [0.05, 0.1) is 34.3 Å². The SMILES string of the molecule is CCc1ccc(C(=O)NCCCC(=O)CCSSCCCC(=O)CCCCC2SCC3NC(=O)NC32)cn1.[N-]=[N+]=NCc1ccc(C(=O)NCCCC(=O)c2ccc(C(=O)O)c(-c3c4ccc(=N)c(S(=O)(=O)[O-])c-4oc4c(S(=O)(=O)[O-])c(N)ccc34)c2)c[nH+]1.[NH4+]. The third-order valence-corrected chi connectivity index (χ3v) is 20.2. The Labute approximate surface area is 530 Å². The fraction of sp³-hybridized carbons (Fsp3) is 0.379. The highest BCUT2D eigenvalue weighted by Gasteiger charge is 2.42. The molecule has 8 rings (SSSR count). The van der Waals surface area contributed by atoms with Gasteiger partial charge in [0, 0.05) is 113 Å². The monoisotopic (exact) mass is 1330 g/mol. The van der Waals surface area contributed by atoms with Crippen molar-refractivity contribution in [3.8, 4) is 22.5 Å². The predicted octanol–water partition coefficient (Wildman–Crippen LogP) is 7.74. The summed E-state index contributed by atoms with van der Waals surface area (Å²) in [6.45, 7) is 2.63.